The molecule has 0 unspecified atom stereocenters. The number of carbonyl (C=O) groups is 2. The van der Waals surface area contributed by atoms with E-state index >= 15 is 0 Å². The van der Waals surface area contributed by atoms with Crippen molar-refractivity contribution in [3.63, 3.8) is 0 Å². The normalized spacial score (nSPS) is 10.4. The molecule has 1 heterocycles. The molecule has 8 heteroatoms. The maximum absolute atomic E-state index is 11.9. The lowest BCUT2D eigenvalue weighted by Gasteiger charge is -2.08. The Balaban J connectivity index is 1.71. The van der Waals surface area contributed by atoms with Gasteiger partial charge >= 0.3 is 4.87 Å². The van der Waals surface area contributed by atoms with Crippen LogP contribution in [0.3, 0.4) is 0 Å². The van der Waals surface area contributed by atoms with E-state index < -0.39 is 0 Å². The van der Waals surface area contributed by atoms with E-state index in [-0.39, 0.29) is 29.7 Å². The highest BCUT2D eigenvalue weighted by Gasteiger charge is 2.10. The van der Waals surface area contributed by atoms with Crippen molar-refractivity contribution in [2.75, 3.05) is 13.7 Å². The minimum atomic E-state index is -0.270. The van der Waals surface area contributed by atoms with E-state index in [2.05, 4.69) is 10.6 Å². The average molecular weight is 377 g/mol. The quantitative estimate of drug-likeness (QED) is 0.727. The Morgan fingerprint density at radius 2 is 1.81 bits per heavy atom. The molecule has 0 aliphatic carbocycles. The van der Waals surface area contributed by atoms with Crippen LogP contribution in [0, 0.1) is 13.8 Å². The zero-order valence-electron chi connectivity index (χ0n) is 15.1. The van der Waals surface area contributed by atoms with Gasteiger partial charge in [0.05, 0.1) is 13.7 Å². The molecule has 140 valence electrons. The van der Waals surface area contributed by atoms with Crippen LogP contribution in [-0.4, -0.2) is 30.0 Å². The Bertz CT molecular complexity index is 824. The van der Waals surface area contributed by atoms with Crippen LogP contribution in [0.25, 0.3) is 0 Å². The first-order chi connectivity index (χ1) is 12.4. The summed E-state index contributed by atoms with van der Waals surface area (Å²) in [5.74, 6) is 0.219. The Hall–Kier alpha value is -2.61. The molecule has 0 saturated carbocycles. The molecule has 2 N–H and O–H groups in total. The van der Waals surface area contributed by atoms with Gasteiger partial charge in [-0.25, -0.2) is 0 Å². The predicted molar refractivity (Wildman–Crippen MR) is 101 cm³/mol. The van der Waals surface area contributed by atoms with Gasteiger partial charge in [-0.15, -0.1) is 0 Å². The molecule has 2 amide bonds. The molecule has 2 aromatic rings. The fraction of sp³-hybridized carbons (Fsp3) is 0.389. The molecule has 7 nitrogen and oxygen atoms in total. The van der Waals surface area contributed by atoms with Crippen LogP contribution in [0.2, 0.25) is 0 Å². The second-order valence-electron chi connectivity index (χ2n) is 5.81. The van der Waals surface area contributed by atoms with Crippen LogP contribution in [0.5, 0.6) is 5.75 Å². The van der Waals surface area contributed by atoms with Crippen molar-refractivity contribution < 1.29 is 14.3 Å². The maximum Gasteiger partial charge on any atom is 0.307 e. The third kappa shape index (κ3) is 5.45. The first-order valence-corrected chi connectivity index (χ1v) is 9.05. The zero-order chi connectivity index (χ0) is 19.1. The molecule has 1 aromatic carbocycles. The molecular weight excluding hydrogens is 354 g/mol. The Morgan fingerprint density at radius 3 is 2.38 bits per heavy atom. The summed E-state index contributed by atoms with van der Waals surface area (Å²) in [6.07, 6.45) is 0.155. The number of nitrogens with one attached hydrogen (secondary N) is 2. The smallest absolute Gasteiger partial charge is 0.307 e. The largest absolute Gasteiger partial charge is 0.497 e. The lowest BCUT2D eigenvalue weighted by Crippen LogP contribution is -2.37. The molecule has 0 bridgehead atoms. The van der Waals surface area contributed by atoms with Gasteiger partial charge < -0.3 is 19.9 Å². The Kier molecular flexibility index (Phi) is 6.97. The van der Waals surface area contributed by atoms with Crippen molar-refractivity contribution >= 4 is 23.2 Å². The standard InChI is InChI=1S/C18H23N3O4S/c1-12-13(2)26-18(24)21(12)9-8-16(22)20-11-17(23)19-10-14-4-6-15(25-3)7-5-14/h4-7H,8-11H2,1-3H3,(H,19,23)(H,20,22). The number of hydrogen-bond donors (Lipinski definition) is 2. The highest BCUT2D eigenvalue weighted by atomic mass is 32.1. The molecule has 0 radical (unpaired) electrons. The number of hydrogen-bond acceptors (Lipinski definition) is 5. The molecule has 1 aromatic heterocycles. The molecule has 26 heavy (non-hydrogen) atoms. The van der Waals surface area contributed by atoms with E-state index in [1.54, 1.807) is 11.7 Å². The molecule has 0 aliphatic heterocycles. The fourth-order valence-corrected chi connectivity index (χ4v) is 3.19. The van der Waals surface area contributed by atoms with Crippen molar-refractivity contribution in [2.45, 2.75) is 33.4 Å². The van der Waals surface area contributed by atoms with Gasteiger partial charge in [0.15, 0.2) is 0 Å². The van der Waals surface area contributed by atoms with Crippen LogP contribution < -0.4 is 20.2 Å². The van der Waals surface area contributed by atoms with Gasteiger partial charge in [-0.3, -0.25) is 14.4 Å². The van der Waals surface area contributed by atoms with Crippen molar-refractivity contribution in [3.05, 3.63) is 50.1 Å². The van der Waals surface area contributed by atoms with Crippen LogP contribution in [0.15, 0.2) is 29.1 Å². The SMILES string of the molecule is COc1ccc(CNC(=O)CNC(=O)CCn2c(C)c(C)sc2=O)cc1. The lowest BCUT2D eigenvalue weighted by molar-refractivity contribution is -0.126. The Morgan fingerprint density at radius 1 is 1.12 bits per heavy atom. The molecule has 0 spiro atoms. The molecular formula is C18H23N3O4S. The lowest BCUT2D eigenvalue weighted by atomic mass is 10.2. The van der Waals surface area contributed by atoms with E-state index in [1.807, 2.05) is 38.1 Å². The van der Waals surface area contributed by atoms with Gasteiger partial charge in [0.2, 0.25) is 11.8 Å². The summed E-state index contributed by atoms with van der Waals surface area (Å²) in [6, 6.07) is 7.36. The van der Waals surface area contributed by atoms with E-state index in [0.717, 1.165) is 21.9 Å². The van der Waals surface area contributed by atoms with Gasteiger partial charge in [0.1, 0.15) is 5.75 Å². The summed E-state index contributed by atoms with van der Waals surface area (Å²) in [5.41, 5.74) is 1.82. The number of benzene rings is 1. The summed E-state index contributed by atoms with van der Waals surface area (Å²) in [6.45, 7) is 4.34. The minimum absolute atomic E-state index is 0.0648. The van der Waals surface area contributed by atoms with Gasteiger partial charge in [-0.05, 0) is 31.5 Å². The number of aryl methyl sites for hydroxylation is 1. The summed E-state index contributed by atoms with van der Waals surface area (Å²) in [5, 5.41) is 5.31. The number of nitrogens with zero attached hydrogens (tertiary/aromatic N) is 1. The molecule has 0 fully saturated rings. The first-order valence-electron chi connectivity index (χ1n) is 8.24. The van der Waals surface area contributed by atoms with Crippen molar-refractivity contribution in [1.82, 2.24) is 15.2 Å². The summed E-state index contributed by atoms with van der Waals surface area (Å²) in [7, 11) is 1.59. The van der Waals surface area contributed by atoms with E-state index in [4.69, 9.17) is 4.74 Å². The van der Waals surface area contributed by atoms with Crippen molar-refractivity contribution in [3.8, 4) is 5.75 Å². The van der Waals surface area contributed by atoms with Gasteiger partial charge in [0.25, 0.3) is 0 Å². The highest BCUT2D eigenvalue weighted by molar-refractivity contribution is 7.09. The fourth-order valence-electron chi connectivity index (χ4n) is 2.33. The van der Waals surface area contributed by atoms with Crippen molar-refractivity contribution in [2.24, 2.45) is 0 Å². The number of rotatable bonds is 8. The third-order valence-corrected chi connectivity index (χ3v) is 5.03. The number of aromatic nitrogens is 1. The molecule has 0 atom stereocenters. The molecule has 0 aliphatic rings. The summed E-state index contributed by atoms with van der Waals surface area (Å²) in [4.78, 5) is 36.4. The molecule has 2 rings (SSSR count). The van der Waals surface area contributed by atoms with E-state index in [9.17, 15) is 14.4 Å². The predicted octanol–water partition coefficient (Wildman–Crippen LogP) is 1.36. The second kappa shape index (κ2) is 9.19. The van der Waals surface area contributed by atoms with E-state index in [0.29, 0.717) is 13.1 Å². The van der Waals surface area contributed by atoms with Crippen molar-refractivity contribution in [1.29, 1.82) is 0 Å². The van der Waals surface area contributed by atoms with Crippen LogP contribution in [0.4, 0.5) is 0 Å². The number of amides is 2. The number of thiazole rings is 1. The van der Waals surface area contributed by atoms with Crippen LogP contribution in [-0.2, 0) is 22.7 Å². The topological polar surface area (TPSA) is 89.4 Å². The van der Waals surface area contributed by atoms with Gasteiger partial charge in [-0.2, -0.15) is 0 Å². The van der Waals surface area contributed by atoms with Crippen LogP contribution >= 0.6 is 11.3 Å². The van der Waals surface area contributed by atoms with Gasteiger partial charge in [-0.1, -0.05) is 23.5 Å². The monoisotopic (exact) mass is 377 g/mol. The maximum atomic E-state index is 11.9. The molecule has 0 saturated heterocycles. The minimum Gasteiger partial charge on any atom is -0.497 e. The average Bonchev–Trinajstić information content (AvgIpc) is 2.88. The number of carbonyl (C=O) groups excluding carboxylic acids is 2. The summed E-state index contributed by atoms with van der Waals surface area (Å²) < 4.78 is 6.66. The zero-order valence-corrected chi connectivity index (χ0v) is 15.9. The third-order valence-electron chi connectivity index (χ3n) is 4.03. The van der Waals surface area contributed by atoms with Gasteiger partial charge in [0, 0.05) is 30.1 Å². The van der Waals surface area contributed by atoms with E-state index in [1.165, 1.54) is 11.3 Å². The second-order valence-corrected chi connectivity index (χ2v) is 6.98. The first kappa shape index (κ1) is 19.7. The highest BCUT2D eigenvalue weighted by Crippen LogP contribution is 2.11. The Labute approximate surface area is 156 Å². The summed E-state index contributed by atoms with van der Waals surface area (Å²) >= 11 is 1.18. The number of methoxy groups -OCH3 is 1. The number of ether oxygens (including phenoxy) is 1. The van der Waals surface area contributed by atoms with Crippen LogP contribution in [0.1, 0.15) is 22.6 Å².